The van der Waals surface area contributed by atoms with E-state index in [9.17, 15) is 0 Å². The summed E-state index contributed by atoms with van der Waals surface area (Å²) in [5, 5.41) is 0. The molecule has 19 heavy (non-hydrogen) atoms. The Morgan fingerprint density at radius 3 is 2.74 bits per heavy atom. The van der Waals surface area contributed by atoms with Crippen LogP contribution in [-0.4, -0.2) is 23.8 Å². The van der Waals surface area contributed by atoms with E-state index in [0.717, 1.165) is 17.9 Å². The van der Waals surface area contributed by atoms with Crippen molar-refractivity contribution in [2.45, 2.75) is 19.5 Å². The van der Waals surface area contributed by atoms with Crippen molar-refractivity contribution in [2.24, 2.45) is 5.73 Å². The summed E-state index contributed by atoms with van der Waals surface area (Å²) in [6.45, 7) is 2.88. The fourth-order valence-electron chi connectivity index (χ4n) is 2.16. The third-order valence-corrected chi connectivity index (χ3v) is 3.14. The Bertz CT molecular complexity index is 551. The number of methoxy groups -OCH3 is 2. The molecule has 0 bridgehead atoms. The van der Waals surface area contributed by atoms with Crippen LogP contribution in [0.2, 0.25) is 0 Å². The van der Waals surface area contributed by atoms with Gasteiger partial charge in [0.1, 0.15) is 5.82 Å². The number of imidazole rings is 1. The summed E-state index contributed by atoms with van der Waals surface area (Å²) < 4.78 is 12.7. The number of ether oxygens (including phenoxy) is 2. The molecule has 2 aromatic rings. The van der Waals surface area contributed by atoms with Gasteiger partial charge >= 0.3 is 0 Å². The van der Waals surface area contributed by atoms with Crippen LogP contribution in [0.25, 0.3) is 0 Å². The molecule has 0 spiro atoms. The Morgan fingerprint density at radius 2 is 2.11 bits per heavy atom. The number of aryl methyl sites for hydroxylation is 1. The zero-order valence-electron chi connectivity index (χ0n) is 11.5. The molecule has 2 rings (SSSR count). The highest BCUT2D eigenvalue weighted by atomic mass is 16.5. The minimum atomic E-state index is -0.347. The van der Waals surface area contributed by atoms with E-state index in [1.807, 2.05) is 29.0 Å². The number of aromatic nitrogens is 2. The van der Waals surface area contributed by atoms with E-state index in [-0.39, 0.29) is 6.04 Å². The van der Waals surface area contributed by atoms with Gasteiger partial charge in [0, 0.05) is 24.5 Å². The van der Waals surface area contributed by atoms with Gasteiger partial charge in [0.05, 0.1) is 20.3 Å². The summed E-state index contributed by atoms with van der Waals surface area (Å²) in [4.78, 5) is 4.34. The maximum Gasteiger partial charge on any atom is 0.165 e. The minimum Gasteiger partial charge on any atom is -0.493 e. The molecular formula is C14H19N3O2. The lowest BCUT2D eigenvalue weighted by Gasteiger charge is -2.18. The minimum absolute atomic E-state index is 0.347. The van der Waals surface area contributed by atoms with Crippen molar-refractivity contribution in [2.75, 3.05) is 14.2 Å². The molecule has 0 aliphatic carbocycles. The van der Waals surface area contributed by atoms with Crippen LogP contribution in [0.5, 0.6) is 11.5 Å². The molecule has 102 valence electrons. The first kappa shape index (κ1) is 13.4. The van der Waals surface area contributed by atoms with Crippen molar-refractivity contribution >= 4 is 0 Å². The second-order valence-corrected chi connectivity index (χ2v) is 4.13. The topological polar surface area (TPSA) is 62.3 Å². The van der Waals surface area contributed by atoms with Crippen LogP contribution in [-0.2, 0) is 6.54 Å². The van der Waals surface area contributed by atoms with Gasteiger partial charge in [-0.25, -0.2) is 4.98 Å². The predicted molar refractivity (Wildman–Crippen MR) is 73.5 cm³/mol. The van der Waals surface area contributed by atoms with Crippen LogP contribution < -0.4 is 15.2 Å². The first-order valence-corrected chi connectivity index (χ1v) is 6.20. The van der Waals surface area contributed by atoms with Crippen LogP contribution in [0.3, 0.4) is 0 Å². The maximum absolute atomic E-state index is 6.32. The van der Waals surface area contributed by atoms with Gasteiger partial charge in [-0.05, 0) is 13.0 Å². The summed E-state index contributed by atoms with van der Waals surface area (Å²) in [5.41, 5.74) is 7.18. The van der Waals surface area contributed by atoms with Crippen molar-refractivity contribution in [3.63, 3.8) is 0 Å². The largest absolute Gasteiger partial charge is 0.493 e. The van der Waals surface area contributed by atoms with E-state index in [1.54, 1.807) is 20.4 Å². The number of benzene rings is 1. The van der Waals surface area contributed by atoms with Crippen molar-refractivity contribution in [3.8, 4) is 11.5 Å². The molecule has 1 unspecified atom stereocenters. The molecule has 5 nitrogen and oxygen atoms in total. The molecule has 1 heterocycles. The SMILES string of the molecule is CCn1ccnc1C(N)c1cccc(OC)c1OC. The average Bonchev–Trinajstić information content (AvgIpc) is 2.93. The van der Waals surface area contributed by atoms with Crippen LogP contribution in [0.1, 0.15) is 24.4 Å². The van der Waals surface area contributed by atoms with Crippen LogP contribution in [0.4, 0.5) is 0 Å². The molecule has 0 saturated carbocycles. The third kappa shape index (κ3) is 2.42. The monoisotopic (exact) mass is 261 g/mol. The molecule has 0 fully saturated rings. The van der Waals surface area contributed by atoms with E-state index in [0.29, 0.717) is 11.5 Å². The van der Waals surface area contributed by atoms with Crippen LogP contribution in [0.15, 0.2) is 30.6 Å². The predicted octanol–water partition coefficient (Wildman–Crippen LogP) is 1.97. The van der Waals surface area contributed by atoms with E-state index >= 15 is 0 Å². The molecule has 0 aliphatic heterocycles. The van der Waals surface area contributed by atoms with E-state index < -0.39 is 0 Å². The molecule has 2 N–H and O–H groups in total. The van der Waals surface area contributed by atoms with E-state index in [2.05, 4.69) is 11.9 Å². The van der Waals surface area contributed by atoms with Crippen LogP contribution >= 0.6 is 0 Å². The lowest BCUT2D eigenvalue weighted by Crippen LogP contribution is -2.18. The molecule has 0 aliphatic rings. The standard InChI is InChI=1S/C14H19N3O2/c1-4-17-9-8-16-14(17)12(15)10-6-5-7-11(18-2)13(10)19-3/h5-9,12H,4,15H2,1-3H3. The molecular weight excluding hydrogens is 242 g/mol. The van der Waals surface area contributed by atoms with E-state index in [4.69, 9.17) is 15.2 Å². The average molecular weight is 261 g/mol. The van der Waals surface area contributed by atoms with Gasteiger partial charge in [0.25, 0.3) is 0 Å². The van der Waals surface area contributed by atoms with Crippen molar-refractivity contribution in [1.29, 1.82) is 0 Å². The summed E-state index contributed by atoms with van der Waals surface area (Å²) >= 11 is 0. The lowest BCUT2D eigenvalue weighted by molar-refractivity contribution is 0.350. The highest BCUT2D eigenvalue weighted by molar-refractivity contribution is 5.49. The Balaban J connectivity index is 2.46. The van der Waals surface area contributed by atoms with E-state index in [1.165, 1.54) is 0 Å². The Labute approximate surface area is 113 Å². The fraction of sp³-hybridized carbons (Fsp3) is 0.357. The number of hydrogen-bond donors (Lipinski definition) is 1. The molecule has 1 atom stereocenters. The van der Waals surface area contributed by atoms with Crippen molar-refractivity contribution in [1.82, 2.24) is 9.55 Å². The first-order chi connectivity index (χ1) is 9.22. The number of rotatable bonds is 5. The van der Waals surface area contributed by atoms with Crippen LogP contribution in [0, 0.1) is 0 Å². The molecule has 1 aromatic heterocycles. The smallest absolute Gasteiger partial charge is 0.165 e. The summed E-state index contributed by atoms with van der Waals surface area (Å²) in [6, 6.07) is 5.33. The van der Waals surface area contributed by atoms with Crippen molar-refractivity contribution in [3.05, 3.63) is 42.0 Å². The first-order valence-electron chi connectivity index (χ1n) is 6.20. The third-order valence-electron chi connectivity index (χ3n) is 3.14. The lowest BCUT2D eigenvalue weighted by atomic mass is 10.1. The molecule has 0 radical (unpaired) electrons. The summed E-state index contributed by atoms with van der Waals surface area (Å²) in [6.07, 6.45) is 3.67. The number of nitrogens with zero attached hydrogens (tertiary/aromatic N) is 2. The van der Waals surface area contributed by atoms with Gasteiger partial charge in [-0.1, -0.05) is 12.1 Å². The second-order valence-electron chi connectivity index (χ2n) is 4.13. The Kier molecular flexibility index (Phi) is 4.06. The number of nitrogens with two attached hydrogens (primary N) is 1. The quantitative estimate of drug-likeness (QED) is 0.893. The van der Waals surface area contributed by atoms with Gasteiger partial charge in [-0.3, -0.25) is 0 Å². The molecule has 5 heteroatoms. The Hall–Kier alpha value is -2.01. The molecule has 0 amide bonds. The van der Waals surface area contributed by atoms with Gasteiger partial charge in [-0.15, -0.1) is 0 Å². The van der Waals surface area contributed by atoms with Gasteiger partial charge < -0.3 is 19.8 Å². The van der Waals surface area contributed by atoms with Gasteiger partial charge in [-0.2, -0.15) is 0 Å². The zero-order valence-corrected chi connectivity index (χ0v) is 11.5. The highest BCUT2D eigenvalue weighted by Gasteiger charge is 2.20. The highest BCUT2D eigenvalue weighted by Crippen LogP contribution is 2.35. The van der Waals surface area contributed by atoms with Crippen molar-refractivity contribution < 1.29 is 9.47 Å². The van der Waals surface area contributed by atoms with Gasteiger partial charge in [0.2, 0.25) is 0 Å². The summed E-state index contributed by atoms with van der Waals surface area (Å²) in [5.74, 6) is 2.14. The normalized spacial score (nSPS) is 12.2. The fourth-order valence-corrected chi connectivity index (χ4v) is 2.16. The molecule has 1 aromatic carbocycles. The molecule has 0 saturated heterocycles. The summed E-state index contributed by atoms with van der Waals surface area (Å²) in [7, 11) is 3.22. The Morgan fingerprint density at radius 1 is 1.32 bits per heavy atom. The second kappa shape index (κ2) is 5.75. The van der Waals surface area contributed by atoms with Gasteiger partial charge in [0.15, 0.2) is 11.5 Å². The zero-order chi connectivity index (χ0) is 13.8. The number of hydrogen-bond acceptors (Lipinski definition) is 4. The number of para-hydroxylation sites is 1. The maximum atomic E-state index is 6.32.